The van der Waals surface area contributed by atoms with Crippen LogP contribution in [0.15, 0.2) is 18.2 Å². The van der Waals surface area contributed by atoms with Gasteiger partial charge in [-0.3, -0.25) is 14.7 Å². The van der Waals surface area contributed by atoms with E-state index < -0.39 is 11.4 Å². The molecule has 5 heteroatoms. The molecule has 2 heterocycles. The van der Waals surface area contributed by atoms with Crippen molar-refractivity contribution in [2.45, 2.75) is 26.8 Å². The molecule has 1 N–H and O–H groups in total. The first kappa shape index (κ1) is 14.9. The number of pyridine rings is 1. The minimum Gasteiger partial charge on any atom is -0.481 e. The van der Waals surface area contributed by atoms with E-state index in [4.69, 9.17) is 4.74 Å². The van der Waals surface area contributed by atoms with E-state index >= 15 is 0 Å². The van der Waals surface area contributed by atoms with Crippen LogP contribution in [0.4, 0.5) is 0 Å². The van der Waals surface area contributed by atoms with Crippen molar-refractivity contribution in [3.8, 4) is 0 Å². The maximum absolute atomic E-state index is 11.6. The summed E-state index contributed by atoms with van der Waals surface area (Å²) in [4.78, 5) is 18.2. The van der Waals surface area contributed by atoms with Gasteiger partial charge in [0.2, 0.25) is 0 Å². The van der Waals surface area contributed by atoms with Crippen LogP contribution in [0.1, 0.15) is 24.7 Å². The van der Waals surface area contributed by atoms with E-state index in [9.17, 15) is 9.90 Å². The van der Waals surface area contributed by atoms with Gasteiger partial charge in [-0.25, -0.2) is 0 Å². The topological polar surface area (TPSA) is 62.7 Å². The molecule has 0 bridgehead atoms. The molecule has 0 aromatic carbocycles. The van der Waals surface area contributed by atoms with Crippen molar-refractivity contribution in [1.29, 1.82) is 0 Å². The molecule has 1 aromatic rings. The van der Waals surface area contributed by atoms with Crippen molar-refractivity contribution in [2.75, 3.05) is 26.3 Å². The molecule has 20 heavy (non-hydrogen) atoms. The number of aryl methyl sites for hydroxylation is 1. The minimum absolute atomic E-state index is 0.306. The number of carbonyl (C=O) groups is 1. The normalized spacial score (nSPS) is 22.4. The Kier molecular flexibility index (Phi) is 4.73. The lowest BCUT2D eigenvalue weighted by Crippen LogP contribution is -2.43. The first-order valence-electron chi connectivity index (χ1n) is 7.02. The molecule has 1 aliphatic rings. The Labute approximate surface area is 119 Å². The van der Waals surface area contributed by atoms with Crippen LogP contribution in [-0.2, 0) is 16.1 Å². The number of nitrogens with zero attached hydrogens (tertiary/aromatic N) is 2. The Morgan fingerprint density at radius 1 is 1.55 bits per heavy atom. The van der Waals surface area contributed by atoms with Crippen molar-refractivity contribution < 1.29 is 14.6 Å². The molecule has 1 aliphatic heterocycles. The van der Waals surface area contributed by atoms with Gasteiger partial charge in [0.15, 0.2) is 0 Å². The summed E-state index contributed by atoms with van der Waals surface area (Å²) in [5, 5.41) is 9.50. The summed E-state index contributed by atoms with van der Waals surface area (Å²) in [5.74, 6) is -0.759. The van der Waals surface area contributed by atoms with E-state index in [0.717, 1.165) is 17.9 Å². The zero-order valence-corrected chi connectivity index (χ0v) is 12.1. The Bertz CT molecular complexity index is 470. The Morgan fingerprint density at radius 3 is 2.90 bits per heavy atom. The van der Waals surface area contributed by atoms with Gasteiger partial charge >= 0.3 is 5.97 Å². The summed E-state index contributed by atoms with van der Waals surface area (Å²) < 4.78 is 5.31. The SMILES string of the molecule is CCN(Cc1cccc(C)n1)CC1(C(=O)O)CCOC1. The molecular weight excluding hydrogens is 256 g/mol. The second kappa shape index (κ2) is 6.33. The zero-order valence-electron chi connectivity index (χ0n) is 12.1. The number of aromatic nitrogens is 1. The monoisotopic (exact) mass is 278 g/mol. The fourth-order valence-corrected chi connectivity index (χ4v) is 2.59. The van der Waals surface area contributed by atoms with Crippen LogP contribution in [0.5, 0.6) is 0 Å². The highest BCUT2D eigenvalue weighted by molar-refractivity contribution is 5.75. The lowest BCUT2D eigenvalue weighted by atomic mass is 9.86. The van der Waals surface area contributed by atoms with Crippen molar-refractivity contribution in [2.24, 2.45) is 5.41 Å². The fourth-order valence-electron chi connectivity index (χ4n) is 2.59. The van der Waals surface area contributed by atoms with Crippen LogP contribution in [0.25, 0.3) is 0 Å². The predicted molar refractivity (Wildman–Crippen MR) is 75.4 cm³/mol. The summed E-state index contributed by atoms with van der Waals surface area (Å²) in [7, 11) is 0. The molecule has 1 fully saturated rings. The molecule has 0 amide bonds. The van der Waals surface area contributed by atoms with Gasteiger partial charge in [-0.05, 0) is 32.0 Å². The third kappa shape index (κ3) is 3.35. The Morgan fingerprint density at radius 2 is 2.35 bits per heavy atom. The highest BCUT2D eigenvalue weighted by Gasteiger charge is 2.43. The number of carboxylic acids is 1. The zero-order chi connectivity index (χ0) is 14.6. The average molecular weight is 278 g/mol. The lowest BCUT2D eigenvalue weighted by molar-refractivity contribution is -0.150. The molecule has 0 aliphatic carbocycles. The maximum atomic E-state index is 11.6. The lowest BCUT2D eigenvalue weighted by Gasteiger charge is -2.30. The van der Waals surface area contributed by atoms with Crippen molar-refractivity contribution in [1.82, 2.24) is 9.88 Å². The summed E-state index contributed by atoms with van der Waals surface area (Å²) in [6.45, 7) is 6.82. The molecular formula is C15H22N2O3. The van der Waals surface area contributed by atoms with Crippen LogP contribution < -0.4 is 0 Å². The van der Waals surface area contributed by atoms with Crippen LogP contribution in [0.2, 0.25) is 0 Å². The number of hydrogen-bond acceptors (Lipinski definition) is 4. The molecule has 5 nitrogen and oxygen atoms in total. The molecule has 1 atom stereocenters. The maximum Gasteiger partial charge on any atom is 0.313 e. The van der Waals surface area contributed by atoms with Crippen LogP contribution in [-0.4, -0.2) is 47.3 Å². The largest absolute Gasteiger partial charge is 0.481 e. The van der Waals surface area contributed by atoms with Gasteiger partial charge in [-0.15, -0.1) is 0 Å². The summed E-state index contributed by atoms with van der Waals surface area (Å²) in [6.07, 6.45) is 0.583. The minimum atomic E-state index is -0.764. The van der Waals surface area contributed by atoms with Crippen molar-refractivity contribution >= 4 is 5.97 Å². The number of rotatable bonds is 6. The number of hydrogen-bond donors (Lipinski definition) is 1. The Hall–Kier alpha value is -1.46. The summed E-state index contributed by atoms with van der Waals surface area (Å²) >= 11 is 0. The highest BCUT2D eigenvalue weighted by atomic mass is 16.5. The van der Waals surface area contributed by atoms with E-state index in [1.54, 1.807) is 0 Å². The van der Waals surface area contributed by atoms with Gasteiger partial charge in [-0.1, -0.05) is 13.0 Å². The van der Waals surface area contributed by atoms with Gasteiger partial charge in [0, 0.05) is 25.4 Å². The molecule has 110 valence electrons. The molecule has 1 aromatic heterocycles. The molecule has 0 saturated carbocycles. The quantitative estimate of drug-likeness (QED) is 0.858. The summed E-state index contributed by atoms with van der Waals surface area (Å²) in [6, 6.07) is 5.93. The van der Waals surface area contributed by atoms with Gasteiger partial charge < -0.3 is 9.84 Å². The number of ether oxygens (including phenoxy) is 1. The Balaban J connectivity index is 2.06. The van der Waals surface area contributed by atoms with Crippen LogP contribution >= 0.6 is 0 Å². The third-order valence-corrected chi connectivity index (χ3v) is 3.86. The standard InChI is InChI=1S/C15H22N2O3/c1-3-17(9-13-6-4-5-12(2)16-13)10-15(14(18)19)7-8-20-11-15/h4-6H,3,7-11H2,1-2H3,(H,18,19). The van der Waals surface area contributed by atoms with Gasteiger partial charge in [-0.2, -0.15) is 0 Å². The summed E-state index contributed by atoms with van der Waals surface area (Å²) in [5.41, 5.74) is 1.20. The van der Waals surface area contributed by atoms with Gasteiger partial charge in [0.05, 0.1) is 12.3 Å². The van der Waals surface area contributed by atoms with E-state index in [1.807, 2.05) is 32.0 Å². The van der Waals surface area contributed by atoms with Gasteiger partial charge in [0.25, 0.3) is 0 Å². The van der Waals surface area contributed by atoms with Crippen molar-refractivity contribution in [3.05, 3.63) is 29.6 Å². The van der Waals surface area contributed by atoms with E-state index in [1.165, 1.54) is 0 Å². The fraction of sp³-hybridized carbons (Fsp3) is 0.600. The smallest absolute Gasteiger partial charge is 0.313 e. The van der Waals surface area contributed by atoms with E-state index in [0.29, 0.717) is 32.7 Å². The highest BCUT2D eigenvalue weighted by Crippen LogP contribution is 2.30. The second-order valence-corrected chi connectivity index (χ2v) is 5.46. The van der Waals surface area contributed by atoms with Crippen LogP contribution in [0.3, 0.4) is 0 Å². The van der Waals surface area contributed by atoms with Crippen molar-refractivity contribution in [3.63, 3.8) is 0 Å². The first-order valence-corrected chi connectivity index (χ1v) is 7.02. The van der Waals surface area contributed by atoms with Gasteiger partial charge in [0.1, 0.15) is 5.41 Å². The predicted octanol–water partition coefficient (Wildman–Crippen LogP) is 1.70. The van der Waals surface area contributed by atoms with E-state index in [2.05, 4.69) is 9.88 Å². The molecule has 1 unspecified atom stereocenters. The molecule has 0 radical (unpaired) electrons. The third-order valence-electron chi connectivity index (χ3n) is 3.86. The van der Waals surface area contributed by atoms with Crippen LogP contribution in [0, 0.1) is 12.3 Å². The molecule has 0 spiro atoms. The number of aliphatic carboxylic acids is 1. The average Bonchev–Trinajstić information content (AvgIpc) is 2.88. The molecule has 1 saturated heterocycles. The van der Waals surface area contributed by atoms with E-state index in [-0.39, 0.29) is 0 Å². The number of carboxylic acid groups (broad SMARTS) is 1. The second-order valence-electron chi connectivity index (χ2n) is 5.46. The first-order chi connectivity index (χ1) is 9.55. The molecule has 2 rings (SSSR count).